The molecule has 0 heterocycles. The molecular weight excluding hydrogens is 264 g/mol. The Morgan fingerprint density at radius 1 is 1.14 bits per heavy atom. The van der Waals surface area contributed by atoms with Crippen molar-refractivity contribution in [2.45, 2.75) is 63.6 Å². The first-order valence-corrected chi connectivity index (χ1v) is 8.45. The molecule has 0 amide bonds. The summed E-state index contributed by atoms with van der Waals surface area (Å²) in [7, 11) is 0. The van der Waals surface area contributed by atoms with Gasteiger partial charge in [0.2, 0.25) is 0 Å². The minimum atomic E-state index is -0.618. The molecule has 0 aromatic heterocycles. The van der Waals surface area contributed by atoms with Gasteiger partial charge in [0.05, 0.1) is 5.60 Å². The summed E-state index contributed by atoms with van der Waals surface area (Å²) in [6.07, 6.45) is 8.17. The Morgan fingerprint density at radius 2 is 1.62 bits per heavy atom. The predicted octanol–water partition coefficient (Wildman–Crippen LogP) is 3.07. The van der Waals surface area contributed by atoms with E-state index in [2.05, 4.69) is 6.58 Å². The van der Waals surface area contributed by atoms with Crippen molar-refractivity contribution in [3.8, 4) is 0 Å². The lowest BCUT2D eigenvalue weighted by atomic mass is 9.50. The van der Waals surface area contributed by atoms with Gasteiger partial charge in [-0.2, -0.15) is 0 Å². The third-order valence-corrected chi connectivity index (χ3v) is 7.58. The molecule has 0 aliphatic heterocycles. The van der Waals surface area contributed by atoms with E-state index in [1.807, 2.05) is 13.8 Å². The van der Waals surface area contributed by atoms with Crippen LogP contribution in [0.25, 0.3) is 0 Å². The van der Waals surface area contributed by atoms with Crippen molar-refractivity contribution in [1.29, 1.82) is 0 Å². The molecule has 0 radical (unpaired) electrons. The Hall–Kier alpha value is -0.830. The van der Waals surface area contributed by atoms with Crippen molar-refractivity contribution in [3.05, 3.63) is 12.7 Å². The zero-order valence-corrected chi connectivity index (χ0v) is 13.1. The van der Waals surface area contributed by atoms with Crippen molar-refractivity contribution in [1.82, 2.24) is 0 Å². The van der Waals surface area contributed by atoms with Gasteiger partial charge in [0.25, 0.3) is 0 Å². The number of aliphatic hydroxyl groups is 1. The van der Waals surface area contributed by atoms with Crippen LogP contribution in [0.4, 0.5) is 0 Å². The van der Waals surface area contributed by atoms with Crippen LogP contribution in [0, 0.1) is 29.1 Å². The first-order valence-electron chi connectivity index (χ1n) is 8.45. The van der Waals surface area contributed by atoms with E-state index in [1.54, 1.807) is 0 Å². The van der Waals surface area contributed by atoms with Crippen LogP contribution < -0.4 is 0 Å². The highest BCUT2D eigenvalue weighted by atomic mass is 16.6. The van der Waals surface area contributed by atoms with Crippen LogP contribution in [0.5, 0.6) is 0 Å². The Labute approximate surface area is 126 Å². The van der Waals surface area contributed by atoms with Gasteiger partial charge in [0, 0.05) is 11.5 Å². The van der Waals surface area contributed by atoms with Crippen molar-refractivity contribution in [3.63, 3.8) is 0 Å². The maximum absolute atomic E-state index is 11.9. The van der Waals surface area contributed by atoms with Crippen molar-refractivity contribution >= 4 is 5.97 Å². The number of hydrogen-bond acceptors (Lipinski definition) is 3. The normalized spacial score (nSPS) is 50.2. The van der Waals surface area contributed by atoms with Gasteiger partial charge in [-0.3, -0.25) is 0 Å². The van der Waals surface area contributed by atoms with Gasteiger partial charge in [0.15, 0.2) is 0 Å². The number of esters is 1. The van der Waals surface area contributed by atoms with Crippen LogP contribution in [-0.2, 0) is 9.53 Å². The number of fused-ring (bicyclic) bond motifs is 9. The maximum atomic E-state index is 11.9. The predicted molar refractivity (Wildman–Crippen MR) is 79.4 cm³/mol. The van der Waals surface area contributed by atoms with E-state index >= 15 is 0 Å². The molecule has 4 unspecified atom stereocenters. The highest BCUT2D eigenvalue weighted by Gasteiger charge is 2.81. The van der Waals surface area contributed by atoms with Crippen molar-refractivity contribution < 1.29 is 14.6 Å². The van der Waals surface area contributed by atoms with Crippen molar-refractivity contribution in [2.75, 3.05) is 0 Å². The van der Waals surface area contributed by atoms with Gasteiger partial charge in [-0.25, -0.2) is 4.79 Å². The molecule has 4 saturated carbocycles. The Morgan fingerprint density at radius 3 is 2.10 bits per heavy atom. The maximum Gasteiger partial charge on any atom is 0.330 e. The Balaban J connectivity index is 1.83. The zero-order chi connectivity index (χ0) is 15.0. The van der Waals surface area contributed by atoms with Crippen LogP contribution in [-0.4, -0.2) is 22.3 Å². The molecular formula is C18H26O3. The van der Waals surface area contributed by atoms with Gasteiger partial charge in [0.1, 0.15) is 5.60 Å². The summed E-state index contributed by atoms with van der Waals surface area (Å²) >= 11 is 0. The lowest BCUT2D eigenvalue weighted by molar-refractivity contribution is -0.243. The van der Waals surface area contributed by atoms with E-state index in [4.69, 9.17) is 4.74 Å². The summed E-state index contributed by atoms with van der Waals surface area (Å²) in [4.78, 5) is 11.9. The van der Waals surface area contributed by atoms with E-state index < -0.39 is 11.2 Å². The summed E-state index contributed by atoms with van der Waals surface area (Å²) in [6, 6.07) is 0. The summed E-state index contributed by atoms with van der Waals surface area (Å²) in [5.74, 6) is 1.49. The lowest BCUT2D eigenvalue weighted by Gasteiger charge is -2.59. The second-order valence-corrected chi connectivity index (χ2v) is 8.24. The second-order valence-electron chi connectivity index (χ2n) is 8.24. The molecule has 4 bridgehead atoms. The molecule has 4 aliphatic carbocycles. The Kier molecular flexibility index (Phi) is 2.58. The molecule has 116 valence electrons. The summed E-state index contributed by atoms with van der Waals surface area (Å²) in [6.45, 7) is 7.59. The highest BCUT2D eigenvalue weighted by Crippen LogP contribution is 2.79. The molecule has 4 aliphatic rings. The van der Waals surface area contributed by atoms with Crippen LogP contribution in [0.2, 0.25) is 0 Å². The largest absolute Gasteiger partial charge is 0.456 e. The third-order valence-electron chi connectivity index (χ3n) is 7.58. The summed E-state index contributed by atoms with van der Waals surface area (Å²) in [5.41, 5.74) is -1.46. The minimum Gasteiger partial charge on any atom is -0.456 e. The molecule has 3 nitrogen and oxygen atoms in total. The molecule has 21 heavy (non-hydrogen) atoms. The minimum absolute atomic E-state index is 0.232. The van der Waals surface area contributed by atoms with Gasteiger partial charge in [-0.1, -0.05) is 6.58 Å². The molecule has 3 heteroatoms. The van der Waals surface area contributed by atoms with Crippen LogP contribution >= 0.6 is 0 Å². The van der Waals surface area contributed by atoms with E-state index in [0.29, 0.717) is 23.7 Å². The fourth-order valence-corrected chi connectivity index (χ4v) is 7.43. The first kappa shape index (κ1) is 13.8. The van der Waals surface area contributed by atoms with Crippen LogP contribution in [0.15, 0.2) is 12.7 Å². The molecule has 0 aromatic carbocycles. The summed E-state index contributed by atoms with van der Waals surface area (Å²) < 4.78 is 5.83. The standard InChI is InChI=1S/C18H26O3/c1-4-15(19)21-16(2,3)17-11-5-7-13(9-11)18(17,20)14-8-6-12(17)10-14/h4,11-14,20H,1,5-10H2,2-3H3. The molecule has 0 aromatic rings. The van der Waals surface area contributed by atoms with Crippen LogP contribution in [0.3, 0.4) is 0 Å². The van der Waals surface area contributed by atoms with Crippen LogP contribution in [0.1, 0.15) is 52.4 Å². The summed E-state index contributed by atoms with van der Waals surface area (Å²) in [5, 5.41) is 11.8. The quantitative estimate of drug-likeness (QED) is 0.493. The highest BCUT2D eigenvalue weighted by molar-refractivity contribution is 5.81. The number of rotatable bonds is 3. The third kappa shape index (κ3) is 1.29. The average Bonchev–Trinajstić information content (AvgIpc) is 3.15. The fourth-order valence-electron chi connectivity index (χ4n) is 7.43. The smallest absolute Gasteiger partial charge is 0.330 e. The van der Waals surface area contributed by atoms with E-state index in [9.17, 15) is 9.90 Å². The second kappa shape index (κ2) is 3.92. The van der Waals surface area contributed by atoms with Gasteiger partial charge >= 0.3 is 5.97 Å². The number of carbonyl (C=O) groups is 1. The SMILES string of the molecule is C=CC(=O)OC(C)(C)C12C3CCC(C3)C1(O)C1CCC2C1. The van der Waals surface area contributed by atoms with Gasteiger partial charge in [-0.05, 0) is 76.0 Å². The number of ether oxygens (including phenoxy) is 1. The van der Waals surface area contributed by atoms with Gasteiger partial charge in [-0.15, -0.1) is 0 Å². The molecule has 4 fully saturated rings. The monoisotopic (exact) mass is 290 g/mol. The zero-order valence-electron chi connectivity index (χ0n) is 13.1. The molecule has 4 atom stereocenters. The fraction of sp³-hybridized carbons (Fsp3) is 0.833. The van der Waals surface area contributed by atoms with E-state index in [1.165, 1.54) is 18.9 Å². The molecule has 0 saturated heterocycles. The number of hydrogen-bond donors (Lipinski definition) is 1. The van der Waals surface area contributed by atoms with Crippen molar-refractivity contribution in [2.24, 2.45) is 29.1 Å². The molecule has 1 N–H and O–H groups in total. The van der Waals surface area contributed by atoms with Gasteiger partial charge < -0.3 is 9.84 Å². The van der Waals surface area contributed by atoms with E-state index in [-0.39, 0.29) is 11.4 Å². The molecule has 4 rings (SSSR count). The van der Waals surface area contributed by atoms with E-state index in [0.717, 1.165) is 25.7 Å². The Bertz CT molecular complexity index is 485. The molecule has 0 spiro atoms. The number of carbonyl (C=O) groups excluding carboxylic acids is 1. The topological polar surface area (TPSA) is 46.5 Å². The first-order chi connectivity index (χ1) is 9.88. The average molecular weight is 290 g/mol. The lowest BCUT2D eigenvalue weighted by Crippen LogP contribution is -2.66.